The Morgan fingerprint density at radius 2 is 1.77 bits per heavy atom. The molecule has 1 amide bonds. The van der Waals surface area contributed by atoms with Gasteiger partial charge in [-0.2, -0.15) is 0 Å². The molecule has 1 aromatic heterocycles. The molecule has 178 valence electrons. The summed E-state index contributed by atoms with van der Waals surface area (Å²) in [6, 6.07) is 12.7. The fourth-order valence-electron chi connectivity index (χ4n) is 4.66. The Labute approximate surface area is 200 Å². The van der Waals surface area contributed by atoms with Crippen molar-refractivity contribution < 1.29 is 33.3 Å². The summed E-state index contributed by atoms with van der Waals surface area (Å²) >= 11 is 0. The van der Waals surface area contributed by atoms with Gasteiger partial charge in [0, 0.05) is 24.4 Å². The molecule has 3 aromatic rings. The zero-order valence-electron chi connectivity index (χ0n) is 19.1. The minimum atomic E-state index is -0.964. The number of aliphatic hydroxyl groups is 1. The Kier molecular flexibility index (Phi) is 4.73. The first-order valence-electron chi connectivity index (χ1n) is 11.2. The van der Waals surface area contributed by atoms with Crippen LogP contribution in [0.2, 0.25) is 0 Å². The van der Waals surface area contributed by atoms with E-state index in [1.807, 2.05) is 11.9 Å². The maximum atomic E-state index is 13.3. The molecule has 35 heavy (non-hydrogen) atoms. The molecule has 9 heteroatoms. The van der Waals surface area contributed by atoms with E-state index in [-0.39, 0.29) is 18.1 Å². The van der Waals surface area contributed by atoms with E-state index in [1.54, 1.807) is 55.5 Å². The maximum absolute atomic E-state index is 13.3. The van der Waals surface area contributed by atoms with E-state index >= 15 is 0 Å². The second-order valence-corrected chi connectivity index (χ2v) is 8.61. The van der Waals surface area contributed by atoms with Gasteiger partial charge in [0.25, 0.3) is 11.7 Å². The Bertz CT molecular complexity index is 1410. The number of hydrogen-bond donors (Lipinski definition) is 1. The topological polar surface area (TPSA) is 102 Å². The maximum Gasteiger partial charge on any atom is 0.300 e. The van der Waals surface area contributed by atoms with Crippen LogP contribution in [0.25, 0.3) is 5.76 Å². The number of aliphatic hydroxyl groups excluding tert-OH is 1. The van der Waals surface area contributed by atoms with Crippen LogP contribution >= 0.6 is 0 Å². The fourth-order valence-corrected chi connectivity index (χ4v) is 4.66. The van der Waals surface area contributed by atoms with E-state index in [0.717, 1.165) is 5.69 Å². The molecule has 2 aromatic carbocycles. The van der Waals surface area contributed by atoms with Crippen LogP contribution in [0.3, 0.4) is 0 Å². The monoisotopic (exact) mass is 474 g/mol. The van der Waals surface area contributed by atoms with Crippen LogP contribution in [0.4, 0.5) is 11.4 Å². The predicted octanol–water partition coefficient (Wildman–Crippen LogP) is 3.77. The summed E-state index contributed by atoms with van der Waals surface area (Å²) in [7, 11) is 1.93. The van der Waals surface area contributed by atoms with Crippen LogP contribution < -0.4 is 24.0 Å². The van der Waals surface area contributed by atoms with Crippen LogP contribution in [-0.4, -0.2) is 43.8 Å². The molecule has 9 nitrogen and oxygen atoms in total. The van der Waals surface area contributed by atoms with Gasteiger partial charge >= 0.3 is 0 Å². The van der Waals surface area contributed by atoms with Crippen molar-refractivity contribution in [2.24, 2.45) is 0 Å². The summed E-state index contributed by atoms with van der Waals surface area (Å²) in [6.07, 6.45) is 0. The largest absolute Gasteiger partial charge is 0.507 e. The highest BCUT2D eigenvalue weighted by Gasteiger charge is 2.48. The molecular formula is C26H22N2O7. The number of carbonyl (C=O) groups is 2. The third kappa shape index (κ3) is 3.30. The Morgan fingerprint density at radius 1 is 0.971 bits per heavy atom. The van der Waals surface area contributed by atoms with Gasteiger partial charge in [-0.05, 0) is 49.4 Å². The van der Waals surface area contributed by atoms with Crippen molar-refractivity contribution in [2.75, 3.05) is 36.8 Å². The van der Waals surface area contributed by atoms with Crippen LogP contribution in [0.15, 0.2) is 58.5 Å². The summed E-state index contributed by atoms with van der Waals surface area (Å²) in [5.41, 5.74) is 1.56. The Hall–Kier alpha value is -4.40. The molecule has 0 bridgehead atoms. The summed E-state index contributed by atoms with van der Waals surface area (Å²) in [4.78, 5) is 30.0. The number of benzene rings is 2. The first-order valence-corrected chi connectivity index (χ1v) is 11.2. The highest BCUT2D eigenvalue weighted by Crippen LogP contribution is 2.45. The zero-order valence-corrected chi connectivity index (χ0v) is 19.1. The summed E-state index contributed by atoms with van der Waals surface area (Å²) in [5, 5.41) is 11.4. The molecular weight excluding hydrogens is 452 g/mol. The van der Waals surface area contributed by atoms with E-state index < -0.39 is 17.7 Å². The Morgan fingerprint density at radius 3 is 2.57 bits per heavy atom. The number of aryl methyl sites for hydroxylation is 1. The van der Waals surface area contributed by atoms with E-state index in [2.05, 4.69) is 0 Å². The molecule has 1 atom stereocenters. The second-order valence-electron chi connectivity index (χ2n) is 8.61. The van der Waals surface area contributed by atoms with Crippen molar-refractivity contribution in [2.45, 2.75) is 13.0 Å². The average molecular weight is 474 g/mol. The molecule has 0 radical (unpaired) electrons. The van der Waals surface area contributed by atoms with Crippen LogP contribution in [0, 0.1) is 6.92 Å². The van der Waals surface area contributed by atoms with Gasteiger partial charge in [0.2, 0.25) is 6.79 Å². The third-order valence-corrected chi connectivity index (χ3v) is 6.44. The van der Waals surface area contributed by atoms with Crippen LogP contribution in [-0.2, 0) is 9.59 Å². The van der Waals surface area contributed by atoms with Gasteiger partial charge in [-0.1, -0.05) is 0 Å². The number of fused-ring (bicyclic) bond motifs is 2. The number of ketones is 1. The molecule has 1 fully saturated rings. The number of furan rings is 1. The van der Waals surface area contributed by atoms with E-state index in [1.165, 1.54) is 4.90 Å². The lowest BCUT2D eigenvalue weighted by Gasteiger charge is -2.28. The molecule has 0 aliphatic carbocycles. The predicted molar refractivity (Wildman–Crippen MR) is 126 cm³/mol. The quantitative estimate of drug-likeness (QED) is 0.348. The third-order valence-electron chi connectivity index (χ3n) is 6.44. The van der Waals surface area contributed by atoms with Gasteiger partial charge in [-0.3, -0.25) is 14.5 Å². The zero-order chi connectivity index (χ0) is 24.3. The van der Waals surface area contributed by atoms with E-state index in [4.69, 9.17) is 18.6 Å². The number of ether oxygens (including phenoxy) is 3. The standard InChI is InChI=1S/C26H22N2O7/c1-14-3-6-20(35-14)23-22(24(29)15-4-7-18-17(11-15)27(2)9-10-32-18)25(30)26(31)28(23)16-5-8-19-21(12-16)34-13-33-19/h3-8,11-12,23,29H,9-10,13H2,1-2H3/b24-22-. The lowest BCUT2D eigenvalue weighted by Crippen LogP contribution is -2.29. The first kappa shape index (κ1) is 21.2. The Balaban J connectivity index is 1.51. The van der Waals surface area contributed by atoms with Crippen molar-refractivity contribution in [1.82, 2.24) is 0 Å². The number of anilines is 2. The number of amides is 1. The van der Waals surface area contributed by atoms with Gasteiger partial charge in [-0.15, -0.1) is 0 Å². The van der Waals surface area contributed by atoms with Gasteiger partial charge in [-0.25, -0.2) is 0 Å². The second kappa shape index (κ2) is 7.83. The van der Waals surface area contributed by atoms with E-state index in [0.29, 0.717) is 53.2 Å². The molecule has 3 aliphatic heterocycles. The van der Waals surface area contributed by atoms with Gasteiger partial charge in [0.05, 0.1) is 17.8 Å². The summed E-state index contributed by atoms with van der Waals surface area (Å²) < 4.78 is 22.4. The summed E-state index contributed by atoms with van der Waals surface area (Å²) in [6.45, 7) is 3.11. The molecule has 0 saturated carbocycles. The van der Waals surface area contributed by atoms with Crippen molar-refractivity contribution >= 4 is 28.8 Å². The SMILES string of the molecule is Cc1ccc(C2/C(=C(/O)c3ccc4c(c3)N(C)CCO4)C(=O)C(=O)N2c2ccc3c(c2)OCO3)o1. The molecule has 1 unspecified atom stereocenters. The van der Waals surface area contributed by atoms with E-state index in [9.17, 15) is 14.7 Å². The molecule has 4 heterocycles. The van der Waals surface area contributed by atoms with Gasteiger partial charge in [0.15, 0.2) is 11.5 Å². The molecule has 6 rings (SSSR count). The first-order chi connectivity index (χ1) is 16.9. The number of rotatable bonds is 3. The van der Waals surface area contributed by atoms with Crippen LogP contribution in [0.5, 0.6) is 17.2 Å². The fraction of sp³-hybridized carbons (Fsp3) is 0.231. The van der Waals surface area contributed by atoms with Crippen molar-refractivity contribution in [1.29, 1.82) is 0 Å². The molecule has 1 saturated heterocycles. The highest BCUT2D eigenvalue weighted by molar-refractivity contribution is 6.51. The van der Waals surface area contributed by atoms with Crippen molar-refractivity contribution in [3.05, 3.63) is 71.2 Å². The summed E-state index contributed by atoms with van der Waals surface area (Å²) in [5.74, 6) is 0.821. The number of likely N-dealkylation sites (N-methyl/N-ethyl adjacent to an activating group) is 1. The van der Waals surface area contributed by atoms with Gasteiger partial charge in [0.1, 0.15) is 35.7 Å². The number of hydrogen-bond acceptors (Lipinski definition) is 8. The number of nitrogens with zero attached hydrogens (tertiary/aromatic N) is 2. The minimum Gasteiger partial charge on any atom is -0.507 e. The van der Waals surface area contributed by atoms with Gasteiger partial charge < -0.3 is 28.6 Å². The van der Waals surface area contributed by atoms with Crippen LogP contribution in [0.1, 0.15) is 23.1 Å². The van der Waals surface area contributed by atoms with Crippen molar-refractivity contribution in [3.63, 3.8) is 0 Å². The number of carbonyl (C=O) groups excluding carboxylic acids is 2. The average Bonchev–Trinajstić information content (AvgIpc) is 3.56. The molecule has 1 N–H and O–H groups in total. The highest BCUT2D eigenvalue weighted by atomic mass is 16.7. The normalized spacial score (nSPS) is 20.2. The molecule has 0 spiro atoms. The molecule has 3 aliphatic rings. The van der Waals surface area contributed by atoms with Crippen molar-refractivity contribution in [3.8, 4) is 17.2 Å². The number of Topliss-reactive ketones (excluding diaryl/α,β-unsaturated/α-hetero) is 1. The lowest BCUT2D eigenvalue weighted by molar-refractivity contribution is -0.132. The lowest BCUT2D eigenvalue weighted by atomic mass is 9.98. The minimum absolute atomic E-state index is 0.0543. The smallest absolute Gasteiger partial charge is 0.300 e.